The van der Waals surface area contributed by atoms with Gasteiger partial charge >= 0.3 is 0 Å². The van der Waals surface area contributed by atoms with E-state index in [-0.39, 0.29) is 7.43 Å². The van der Waals surface area contributed by atoms with Gasteiger partial charge in [-0.15, -0.1) is 0 Å². The third-order valence-corrected chi connectivity index (χ3v) is 3.98. The van der Waals surface area contributed by atoms with Crippen molar-refractivity contribution in [2.24, 2.45) is 0 Å². The van der Waals surface area contributed by atoms with Crippen LogP contribution < -0.4 is 0 Å². The summed E-state index contributed by atoms with van der Waals surface area (Å²) < 4.78 is 15.3. The Bertz CT molecular complexity index is 379. The van der Waals surface area contributed by atoms with E-state index < -0.39 is 74.6 Å². The van der Waals surface area contributed by atoms with Gasteiger partial charge in [-0.2, -0.15) is 0 Å². The van der Waals surface area contributed by atoms with Crippen LogP contribution in [-0.4, -0.2) is 115 Å². The number of hydrogen-bond acceptors (Lipinski definition) is 11. The SMILES string of the molecule is OC[C@H]1O[C@@H](O[C@H]2[C@H](O)[C@@H](O)[C@@H](O)O[C@@H]2CO)[C@H](O)[C@@H](O)[C@H]1O.[C]. The second-order valence-electron chi connectivity index (χ2n) is 5.53. The standard InChI is InChI=1S/C12H22O11.C/c13-1-3-5(15)6(16)9(19)12(22-3)23-10-4(2-14)21-11(20)8(18)7(10)17;/h3-20H,1-2H2;/t3-,4-,5+,6+,7-,8-,9-,10-,11+,12+;/m1./s1. The van der Waals surface area contributed by atoms with Gasteiger partial charge in [0, 0.05) is 7.43 Å². The van der Waals surface area contributed by atoms with Crippen molar-refractivity contribution in [3.8, 4) is 0 Å². The molecule has 2 heterocycles. The third-order valence-electron chi connectivity index (χ3n) is 3.98. The van der Waals surface area contributed by atoms with Crippen molar-refractivity contribution in [1.82, 2.24) is 0 Å². The molecule has 2 fully saturated rings. The van der Waals surface area contributed by atoms with Crippen LogP contribution in [0.25, 0.3) is 0 Å². The van der Waals surface area contributed by atoms with Crippen LogP contribution >= 0.6 is 0 Å². The Morgan fingerprint density at radius 3 is 1.79 bits per heavy atom. The summed E-state index contributed by atoms with van der Waals surface area (Å²) in [6, 6.07) is 0. The van der Waals surface area contributed by atoms with Gasteiger partial charge in [0.25, 0.3) is 0 Å². The van der Waals surface area contributed by atoms with Gasteiger partial charge in [0.15, 0.2) is 12.6 Å². The molecular formula is C13H22O11. The van der Waals surface area contributed by atoms with Crippen LogP contribution in [0.2, 0.25) is 0 Å². The van der Waals surface area contributed by atoms with E-state index in [0.29, 0.717) is 0 Å². The molecule has 11 nitrogen and oxygen atoms in total. The highest BCUT2D eigenvalue weighted by atomic mass is 16.7. The molecule has 2 rings (SSSR count). The van der Waals surface area contributed by atoms with Gasteiger partial charge in [0.1, 0.15) is 48.8 Å². The highest BCUT2D eigenvalue weighted by Crippen LogP contribution is 2.28. The van der Waals surface area contributed by atoms with E-state index in [4.69, 9.17) is 19.3 Å². The molecule has 8 N–H and O–H groups in total. The van der Waals surface area contributed by atoms with Gasteiger partial charge < -0.3 is 55.1 Å². The fourth-order valence-electron chi connectivity index (χ4n) is 2.57. The van der Waals surface area contributed by atoms with Crippen molar-refractivity contribution in [2.45, 2.75) is 61.4 Å². The zero-order valence-corrected chi connectivity index (χ0v) is 12.5. The topological polar surface area (TPSA) is 190 Å². The zero-order chi connectivity index (χ0) is 17.3. The van der Waals surface area contributed by atoms with Crippen molar-refractivity contribution >= 4 is 0 Å². The largest absolute Gasteiger partial charge is 0.394 e. The number of aliphatic hydroxyl groups excluding tert-OH is 8. The summed E-state index contributed by atoms with van der Waals surface area (Å²) in [5, 5.41) is 76.5. The maximum atomic E-state index is 9.94. The fourth-order valence-corrected chi connectivity index (χ4v) is 2.57. The molecule has 0 aromatic rings. The second-order valence-corrected chi connectivity index (χ2v) is 5.53. The molecule has 2 saturated heterocycles. The van der Waals surface area contributed by atoms with Crippen molar-refractivity contribution in [2.75, 3.05) is 13.2 Å². The summed E-state index contributed by atoms with van der Waals surface area (Å²) in [5.41, 5.74) is 0. The number of aliphatic hydroxyl groups is 8. The first-order valence-electron chi connectivity index (χ1n) is 7.08. The lowest BCUT2D eigenvalue weighted by atomic mass is 9.97. The molecule has 0 aromatic carbocycles. The van der Waals surface area contributed by atoms with Crippen LogP contribution in [0.4, 0.5) is 0 Å². The molecule has 0 aromatic heterocycles. The molecule has 4 radical (unpaired) electrons. The van der Waals surface area contributed by atoms with E-state index in [2.05, 4.69) is 0 Å². The summed E-state index contributed by atoms with van der Waals surface area (Å²) in [4.78, 5) is 0. The van der Waals surface area contributed by atoms with Gasteiger partial charge in [0.05, 0.1) is 13.2 Å². The molecule has 10 atom stereocenters. The van der Waals surface area contributed by atoms with Crippen LogP contribution in [-0.2, 0) is 14.2 Å². The van der Waals surface area contributed by atoms with Gasteiger partial charge in [-0.1, -0.05) is 0 Å². The first-order chi connectivity index (χ1) is 10.8. The second kappa shape index (κ2) is 8.78. The summed E-state index contributed by atoms with van der Waals surface area (Å²) in [5.74, 6) is 0. The molecule has 0 saturated carbocycles. The number of hydrogen-bond donors (Lipinski definition) is 8. The Hall–Kier alpha value is -0.440. The molecule has 140 valence electrons. The normalized spacial score (nSPS) is 49.5. The average molecular weight is 354 g/mol. The first kappa shape index (κ1) is 21.6. The maximum Gasteiger partial charge on any atom is 0.187 e. The Morgan fingerprint density at radius 2 is 1.25 bits per heavy atom. The fraction of sp³-hybridized carbons (Fsp3) is 0.923. The Balaban J connectivity index is 0.00000288. The zero-order valence-electron chi connectivity index (χ0n) is 12.5. The number of rotatable bonds is 4. The molecule has 0 unspecified atom stereocenters. The smallest absolute Gasteiger partial charge is 0.187 e. The summed E-state index contributed by atoms with van der Waals surface area (Å²) in [6.07, 6.45) is -15.6. The monoisotopic (exact) mass is 354 g/mol. The van der Waals surface area contributed by atoms with E-state index in [1.165, 1.54) is 0 Å². The predicted octanol–water partition coefficient (Wildman–Crippen LogP) is -5.32. The summed E-state index contributed by atoms with van der Waals surface area (Å²) >= 11 is 0. The molecule has 0 aliphatic carbocycles. The predicted molar refractivity (Wildman–Crippen MR) is 71.9 cm³/mol. The average Bonchev–Trinajstić information content (AvgIpc) is 2.55. The molecule has 0 amide bonds. The number of ether oxygens (including phenoxy) is 3. The minimum Gasteiger partial charge on any atom is -0.394 e. The van der Waals surface area contributed by atoms with E-state index in [1.807, 2.05) is 0 Å². The Morgan fingerprint density at radius 1 is 0.667 bits per heavy atom. The third kappa shape index (κ3) is 4.03. The highest BCUT2D eigenvalue weighted by molar-refractivity contribution is 4.93. The van der Waals surface area contributed by atoms with Gasteiger partial charge in [0.2, 0.25) is 0 Å². The molecule has 2 aliphatic heterocycles. The lowest BCUT2D eigenvalue weighted by molar-refractivity contribution is -0.355. The van der Waals surface area contributed by atoms with Crippen LogP contribution in [0.1, 0.15) is 0 Å². The summed E-state index contributed by atoms with van der Waals surface area (Å²) in [6.45, 7) is -1.35. The quantitative estimate of drug-likeness (QED) is 0.241. The highest BCUT2D eigenvalue weighted by Gasteiger charge is 2.50. The van der Waals surface area contributed by atoms with Crippen LogP contribution in [0, 0.1) is 7.43 Å². The molecule has 2 aliphatic rings. The van der Waals surface area contributed by atoms with E-state index >= 15 is 0 Å². The Kier molecular flexibility index (Phi) is 7.90. The van der Waals surface area contributed by atoms with Crippen LogP contribution in [0.5, 0.6) is 0 Å². The van der Waals surface area contributed by atoms with Crippen molar-refractivity contribution in [3.05, 3.63) is 7.43 Å². The Labute approximate surface area is 138 Å². The van der Waals surface area contributed by atoms with Crippen LogP contribution in [0.3, 0.4) is 0 Å². The van der Waals surface area contributed by atoms with Crippen molar-refractivity contribution in [3.63, 3.8) is 0 Å². The molecule has 0 bridgehead atoms. The molecular weight excluding hydrogens is 332 g/mol. The molecule has 0 spiro atoms. The van der Waals surface area contributed by atoms with Gasteiger partial charge in [-0.3, -0.25) is 0 Å². The van der Waals surface area contributed by atoms with Crippen molar-refractivity contribution in [1.29, 1.82) is 0 Å². The van der Waals surface area contributed by atoms with Gasteiger partial charge in [-0.25, -0.2) is 0 Å². The van der Waals surface area contributed by atoms with E-state index in [9.17, 15) is 35.7 Å². The van der Waals surface area contributed by atoms with E-state index in [0.717, 1.165) is 0 Å². The maximum absolute atomic E-state index is 9.94. The van der Waals surface area contributed by atoms with Gasteiger partial charge in [-0.05, 0) is 0 Å². The lowest BCUT2D eigenvalue weighted by Gasteiger charge is -2.45. The van der Waals surface area contributed by atoms with Crippen LogP contribution in [0.15, 0.2) is 0 Å². The summed E-state index contributed by atoms with van der Waals surface area (Å²) in [7, 11) is 0. The molecule has 11 heteroatoms. The first-order valence-corrected chi connectivity index (χ1v) is 7.08. The molecule has 24 heavy (non-hydrogen) atoms. The van der Waals surface area contributed by atoms with Crippen molar-refractivity contribution < 1.29 is 55.1 Å². The lowest BCUT2D eigenvalue weighted by Crippen LogP contribution is -2.64. The van der Waals surface area contributed by atoms with E-state index in [1.54, 1.807) is 0 Å². The minimum atomic E-state index is -1.74. The minimum absolute atomic E-state index is 0.